The van der Waals surface area contributed by atoms with Gasteiger partial charge in [0.1, 0.15) is 5.82 Å². The molecule has 0 aliphatic carbocycles. The van der Waals surface area contributed by atoms with Gasteiger partial charge in [0.15, 0.2) is 0 Å². The van der Waals surface area contributed by atoms with Crippen LogP contribution in [0.5, 0.6) is 0 Å². The smallest absolute Gasteiger partial charge is 0.252 e. The lowest BCUT2D eigenvalue weighted by atomic mass is 10.1. The van der Waals surface area contributed by atoms with Crippen molar-refractivity contribution in [2.24, 2.45) is 5.73 Å². The van der Waals surface area contributed by atoms with Crippen LogP contribution >= 0.6 is 11.6 Å². The van der Waals surface area contributed by atoms with Gasteiger partial charge in [-0.05, 0) is 12.1 Å². The van der Waals surface area contributed by atoms with Gasteiger partial charge in [0, 0.05) is 10.6 Å². The van der Waals surface area contributed by atoms with Gasteiger partial charge in [0.25, 0.3) is 5.91 Å². The third-order valence-corrected chi connectivity index (χ3v) is 1.96. The van der Waals surface area contributed by atoms with Crippen LogP contribution in [0, 0.1) is 5.82 Å². The van der Waals surface area contributed by atoms with Crippen molar-refractivity contribution in [3.8, 4) is 0 Å². The molecule has 0 saturated carbocycles. The molecule has 1 rings (SSSR count). The van der Waals surface area contributed by atoms with Crippen LogP contribution in [0.2, 0.25) is 5.02 Å². The number of carbonyl (C=O) groups excluding carboxylic acids is 1. The van der Waals surface area contributed by atoms with Crippen LogP contribution in [-0.4, -0.2) is 11.0 Å². The molecular formula is C8H7ClFNO2. The van der Waals surface area contributed by atoms with Crippen molar-refractivity contribution in [3.05, 3.63) is 34.1 Å². The Morgan fingerprint density at radius 2 is 2.23 bits per heavy atom. The number of rotatable bonds is 2. The van der Waals surface area contributed by atoms with Crippen molar-refractivity contribution in [2.45, 2.75) is 6.61 Å². The Morgan fingerprint density at radius 1 is 1.62 bits per heavy atom. The number of halogens is 2. The fraction of sp³-hybridized carbons (Fsp3) is 0.125. The Morgan fingerprint density at radius 3 is 2.62 bits per heavy atom. The standard InChI is InChI=1S/C8H7ClFNO2/c9-5-1-2-6(10)7(8(11)13)4(5)3-12/h1-2,12H,3H2,(H2,11,13). The van der Waals surface area contributed by atoms with Crippen LogP contribution in [0.1, 0.15) is 15.9 Å². The van der Waals surface area contributed by atoms with Crippen molar-refractivity contribution in [2.75, 3.05) is 0 Å². The van der Waals surface area contributed by atoms with E-state index in [0.29, 0.717) is 0 Å². The minimum absolute atomic E-state index is 0.0224. The molecule has 13 heavy (non-hydrogen) atoms. The molecule has 0 fully saturated rings. The zero-order valence-corrected chi connectivity index (χ0v) is 7.31. The molecule has 0 bridgehead atoms. The van der Waals surface area contributed by atoms with E-state index < -0.39 is 18.3 Å². The highest BCUT2D eigenvalue weighted by Crippen LogP contribution is 2.22. The Balaban J connectivity index is 3.43. The molecule has 0 unspecified atom stereocenters. The second-order valence-corrected chi connectivity index (χ2v) is 2.81. The van der Waals surface area contributed by atoms with E-state index in [0.717, 1.165) is 6.07 Å². The molecule has 0 aliphatic rings. The van der Waals surface area contributed by atoms with E-state index in [2.05, 4.69) is 0 Å². The first kappa shape index (κ1) is 9.95. The predicted molar refractivity (Wildman–Crippen MR) is 45.9 cm³/mol. The quantitative estimate of drug-likeness (QED) is 0.755. The number of aliphatic hydroxyl groups excluding tert-OH is 1. The number of carbonyl (C=O) groups is 1. The molecule has 70 valence electrons. The first-order valence-electron chi connectivity index (χ1n) is 3.45. The summed E-state index contributed by atoms with van der Waals surface area (Å²) in [6.45, 7) is -0.519. The summed E-state index contributed by atoms with van der Waals surface area (Å²) in [5, 5.41) is 8.94. The van der Waals surface area contributed by atoms with Crippen molar-refractivity contribution < 1.29 is 14.3 Å². The number of primary amides is 1. The summed E-state index contributed by atoms with van der Waals surface area (Å²) in [7, 11) is 0. The molecule has 0 aliphatic heterocycles. The highest BCUT2D eigenvalue weighted by atomic mass is 35.5. The first-order chi connectivity index (χ1) is 6.07. The summed E-state index contributed by atoms with van der Waals surface area (Å²) in [5.74, 6) is -1.72. The number of benzene rings is 1. The maximum atomic E-state index is 13.0. The van der Waals surface area contributed by atoms with E-state index >= 15 is 0 Å². The molecule has 0 saturated heterocycles. The molecule has 1 amide bonds. The van der Waals surface area contributed by atoms with Crippen molar-refractivity contribution in [1.29, 1.82) is 0 Å². The molecule has 0 spiro atoms. The second kappa shape index (κ2) is 3.72. The zero-order chi connectivity index (χ0) is 10.0. The number of aliphatic hydroxyl groups is 1. The normalized spacial score (nSPS) is 10.1. The fourth-order valence-electron chi connectivity index (χ4n) is 1.01. The van der Waals surface area contributed by atoms with E-state index in [1.807, 2.05) is 0 Å². The van der Waals surface area contributed by atoms with Crippen LogP contribution in [0.4, 0.5) is 4.39 Å². The van der Waals surface area contributed by atoms with Gasteiger partial charge in [-0.3, -0.25) is 4.79 Å². The maximum Gasteiger partial charge on any atom is 0.252 e. The molecule has 3 nitrogen and oxygen atoms in total. The average Bonchev–Trinajstić information content (AvgIpc) is 2.07. The van der Waals surface area contributed by atoms with Crippen LogP contribution in [0.3, 0.4) is 0 Å². The van der Waals surface area contributed by atoms with Gasteiger partial charge in [-0.1, -0.05) is 11.6 Å². The van der Waals surface area contributed by atoms with Crippen LogP contribution in [0.25, 0.3) is 0 Å². The van der Waals surface area contributed by atoms with Gasteiger partial charge in [0.05, 0.1) is 12.2 Å². The van der Waals surface area contributed by atoms with Gasteiger partial charge >= 0.3 is 0 Å². The Labute approximate surface area is 78.9 Å². The lowest BCUT2D eigenvalue weighted by Crippen LogP contribution is -2.16. The summed E-state index contributed by atoms with van der Waals surface area (Å²) in [6, 6.07) is 2.29. The molecular weight excluding hydrogens is 197 g/mol. The molecule has 0 aromatic heterocycles. The average molecular weight is 204 g/mol. The minimum Gasteiger partial charge on any atom is -0.392 e. The molecule has 1 aromatic rings. The molecule has 5 heteroatoms. The monoisotopic (exact) mass is 203 g/mol. The first-order valence-corrected chi connectivity index (χ1v) is 3.83. The maximum absolute atomic E-state index is 13.0. The van der Waals surface area contributed by atoms with E-state index in [1.165, 1.54) is 6.07 Å². The lowest BCUT2D eigenvalue weighted by molar-refractivity contribution is 0.0993. The molecule has 0 heterocycles. The third kappa shape index (κ3) is 1.79. The summed E-state index contributed by atoms with van der Waals surface area (Å²) >= 11 is 5.61. The van der Waals surface area contributed by atoms with Gasteiger partial charge in [-0.2, -0.15) is 0 Å². The molecule has 0 atom stereocenters. The largest absolute Gasteiger partial charge is 0.392 e. The topological polar surface area (TPSA) is 63.3 Å². The second-order valence-electron chi connectivity index (χ2n) is 2.41. The predicted octanol–water partition coefficient (Wildman–Crippen LogP) is 1.07. The van der Waals surface area contributed by atoms with Crippen molar-refractivity contribution in [1.82, 2.24) is 0 Å². The van der Waals surface area contributed by atoms with E-state index in [-0.39, 0.29) is 16.1 Å². The molecule has 1 aromatic carbocycles. The van der Waals surface area contributed by atoms with Gasteiger partial charge in [-0.25, -0.2) is 4.39 Å². The SMILES string of the molecule is NC(=O)c1c(F)ccc(Cl)c1CO. The number of hydrogen-bond acceptors (Lipinski definition) is 2. The number of nitrogens with two attached hydrogens (primary N) is 1. The van der Waals surface area contributed by atoms with E-state index in [4.69, 9.17) is 22.4 Å². The van der Waals surface area contributed by atoms with E-state index in [1.54, 1.807) is 0 Å². The van der Waals surface area contributed by atoms with Gasteiger partial charge < -0.3 is 10.8 Å². The highest BCUT2D eigenvalue weighted by Gasteiger charge is 2.16. The van der Waals surface area contributed by atoms with Crippen LogP contribution in [-0.2, 0) is 6.61 Å². The minimum atomic E-state index is -0.941. The summed E-state index contributed by atoms with van der Waals surface area (Å²) in [6.07, 6.45) is 0. The summed E-state index contributed by atoms with van der Waals surface area (Å²) in [4.78, 5) is 10.8. The number of hydrogen-bond donors (Lipinski definition) is 2. The van der Waals surface area contributed by atoms with Gasteiger partial charge in [-0.15, -0.1) is 0 Å². The highest BCUT2D eigenvalue weighted by molar-refractivity contribution is 6.31. The summed E-state index contributed by atoms with van der Waals surface area (Å²) in [5.41, 5.74) is 4.58. The van der Waals surface area contributed by atoms with Crippen LogP contribution < -0.4 is 5.73 Å². The fourth-order valence-corrected chi connectivity index (χ4v) is 1.23. The third-order valence-electron chi connectivity index (χ3n) is 1.61. The van der Waals surface area contributed by atoms with Crippen molar-refractivity contribution in [3.63, 3.8) is 0 Å². The molecule has 3 N–H and O–H groups in total. The van der Waals surface area contributed by atoms with E-state index in [9.17, 15) is 9.18 Å². The lowest BCUT2D eigenvalue weighted by Gasteiger charge is -2.06. The Bertz CT molecular complexity index is 354. The molecule has 0 radical (unpaired) electrons. The zero-order valence-electron chi connectivity index (χ0n) is 6.55. The van der Waals surface area contributed by atoms with Crippen LogP contribution in [0.15, 0.2) is 12.1 Å². The Kier molecular flexibility index (Phi) is 2.85. The number of amides is 1. The summed E-state index contributed by atoms with van der Waals surface area (Å²) < 4.78 is 13.0. The van der Waals surface area contributed by atoms with Gasteiger partial charge in [0.2, 0.25) is 0 Å². The Hall–Kier alpha value is -1.13. The van der Waals surface area contributed by atoms with Crippen molar-refractivity contribution >= 4 is 17.5 Å².